The molecule has 3 aromatic carbocycles. The Morgan fingerprint density at radius 1 is 0.980 bits per heavy atom. The summed E-state index contributed by atoms with van der Waals surface area (Å²) in [4.78, 5) is 69.9. The highest BCUT2D eigenvalue weighted by Gasteiger charge is 2.69. The lowest BCUT2D eigenvalue weighted by Crippen LogP contribution is -2.54. The second kappa shape index (κ2) is 13.2. The molecule has 4 aliphatic rings. The Labute approximate surface area is 295 Å². The first kappa shape index (κ1) is 33.8. The molecule has 11 nitrogen and oxygen atoms in total. The Bertz CT molecular complexity index is 1970. The molecule has 0 aromatic heterocycles. The van der Waals surface area contributed by atoms with Gasteiger partial charge in [0.05, 0.1) is 36.0 Å². The molecule has 0 radical (unpaired) electrons. The summed E-state index contributed by atoms with van der Waals surface area (Å²) in [6.07, 6.45) is 6.11. The highest BCUT2D eigenvalue weighted by Crippen LogP contribution is 2.61. The van der Waals surface area contributed by atoms with Crippen LogP contribution in [0.3, 0.4) is 0 Å². The summed E-state index contributed by atoms with van der Waals surface area (Å²) >= 11 is 0. The van der Waals surface area contributed by atoms with Gasteiger partial charge in [-0.25, -0.2) is 0 Å². The molecule has 0 bridgehead atoms. The lowest BCUT2D eigenvalue weighted by atomic mass is 9.50. The summed E-state index contributed by atoms with van der Waals surface area (Å²) in [5.74, 6) is -5.80. The summed E-state index contributed by atoms with van der Waals surface area (Å²) in [5.41, 5.74) is 5.43. The van der Waals surface area contributed by atoms with Crippen LogP contribution in [0, 0.1) is 36.5 Å². The summed E-state index contributed by atoms with van der Waals surface area (Å²) in [6.45, 7) is 1.95. The van der Waals surface area contributed by atoms with E-state index in [-0.39, 0.29) is 55.5 Å². The number of phenols is 1. The Balaban J connectivity index is 1.37. The normalized spacial score (nSPS) is 26.9. The van der Waals surface area contributed by atoms with E-state index >= 15 is 4.79 Å². The molecule has 3 fully saturated rings. The van der Waals surface area contributed by atoms with E-state index in [4.69, 9.17) is 4.74 Å². The fourth-order valence-electron chi connectivity index (χ4n) is 8.67. The van der Waals surface area contributed by atoms with Gasteiger partial charge in [-0.05, 0) is 67.5 Å². The monoisotopic (exact) mass is 689 g/mol. The van der Waals surface area contributed by atoms with E-state index < -0.39 is 52.8 Å². The van der Waals surface area contributed by atoms with Crippen LogP contribution in [0.5, 0.6) is 11.5 Å². The van der Waals surface area contributed by atoms with Crippen LogP contribution in [0.25, 0.3) is 6.08 Å². The molecule has 262 valence electrons. The first-order valence-electron chi connectivity index (χ1n) is 17.2. The minimum absolute atomic E-state index is 0.00802. The number of carboxylic acid groups (broad SMARTS) is 1. The average molecular weight is 690 g/mol. The number of likely N-dealkylation sites (tertiary alicyclic amines) is 1. The second-order valence-electron chi connectivity index (χ2n) is 13.8. The van der Waals surface area contributed by atoms with Gasteiger partial charge >= 0.3 is 5.97 Å². The van der Waals surface area contributed by atoms with Crippen LogP contribution in [0.4, 0.5) is 5.69 Å². The second-order valence-corrected chi connectivity index (χ2v) is 13.8. The minimum Gasteiger partial charge on any atom is -0.504 e. The lowest BCUT2D eigenvalue weighted by Gasteiger charge is -2.49. The van der Waals surface area contributed by atoms with E-state index in [1.54, 1.807) is 24.3 Å². The molecule has 3 aromatic rings. The number of phenolic OH excluding ortho intramolecular Hbond substituents is 1. The summed E-state index contributed by atoms with van der Waals surface area (Å²) in [5, 5.41) is 20.5. The van der Waals surface area contributed by atoms with E-state index in [9.17, 15) is 29.4 Å². The zero-order chi connectivity index (χ0) is 36.0. The number of carboxylic acids is 1. The van der Waals surface area contributed by atoms with Crippen LogP contribution in [0.15, 0.2) is 90.5 Å². The number of methoxy groups -OCH3 is 1. The smallest absolute Gasteiger partial charge is 0.303 e. The number of benzene rings is 3. The van der Waals surface area contributed by atoms with Gasteiger partial charge in [0.15, 0.2) is 11.5 Å². The molecular weight excluding hydrogens is 650 g/mol. The number of anilines is 1. The number of imide groups is 2. The molecule has 1 saturated carbocycles. The Morgan fingerprint density at radius 3 is 2.43 bits per heavy atom. The molecule has 2 heterocycles. The number of allylic oxidation sites excluding steroid dienone is 3. The number of aromatic hydroxyl groups is 1. The maximum Gasteiger partial charge on any atom is 0.303 e. The van der Waals surface area contributed by atoms with E-state index in [1.807, 2.05) is 67.6 Å². The number of amides is 4. The van der Waals surface area contributed by atoms with Crippen molar-refractivity contribution in [2.24, 2.45) is 29.6 Å². The van der Waals surface area contributed by atoms with Gasteiger partial charge in [0.1, 0.15) is 0 Å². The fourth-order valence-corrected chi connectivity index (χ4v) is 8.67. The van der Waals surface area contributed by atoms with Gasteiger partial charge in [0, 0.05) is 18.9 Å². The van der Waals surface area contributed by atoms with Crippen LogP contribution in [-0.4, -0.2) is 63.4 Å². The maximum absolute atomic E-state index is 15.1. The number of ether oxygens (including phenoxy) is 1. The highest BCUT2D eigenvalue weighted by atomic mass is 16.5. The van der Waals surface area contributed by atoms with Crippen molar-refractivity contribution in [1.29, 1.82) is 0 Å². The highest BCUT2D eigenvalue weighted by molar-refractivity contribution is 6.13. The van der Waals surface area contributed by atoms with E-state index in [0.717, 1.165) is 16.1 Å². The van der Waals surface area contributed by atoms with E-state index in [1.165, 1.54) is 18.1 Å². The molecule has 2 aliphatic heterocycles. The van der Waals surface area contributed by atoms with Gasteiger partial charge in [0.25, 0.3) is 11.8 Å². The number of hydrazine groups is 1. The summed E-state index contributed by atoms with van der Waals surface area (Å²) < 4.78 is 5.34. The van der Waals surface area contributed by atoms with Crippen LogP contribution in [0.1, 0.15) is 42.4 Å². The van der Waals surface area contributed by atoms with Crippen molar-refractivity contribution < 1.29 is 38.9 Å². The number of aliphatic carboxylic acids is 1. The molecule has 4 amide bonds. The van der Waals surface area contributed by atoms with Crippen LogP contribution in [0.2, 0.25) is 0 Å². The molecule has 0 spiro atoms. The van der Waals surface area contributed by atoms with E-state index in [0.29, 0.717) is 16.8 Å². The molecule has 6 atom stereocenters. The number of aryl methyl sites for hydroxylation is 1. The molecule has 3 N–H and O–H groups in total. The minimum atomic E-state index is -1.39. The fraction of sp³-hybridized carbons (Fsp3) is 0.325. The Morgan fingerprint density at radius 2 is 1.73 bits per heavy atom. The van der Waals surface area contributed by atoms with Crippen LogP contribution >= 0.6 is 0 Å². The quantitative estimate of drug-likeness (QED) is 0.195. The first-order valence-corrected chi connectivity index (χ1v) is 17.2. The van der Waals surface area contributed by atoms with Crippen molar-refractivity contribution in [2.75, 3.05) is 19.1 Å². The van der Waals surface area contributed by atoms with Gasteiger partial charge < -0.3 is 14.9 Å². The summed E-state index contributed by atoms with van der Waals surface area (Å²) in [7, 11) is 1.45. The predicted octanol–water partition coefficient (Wildman–Crippen LogP) is 5.10. The van der Waals surface area contributed by atoms with Gasteiger partial charge in [-0.2, -0.15) is 5.01 Å². The third kappa shape index (κ3) is 5.57. The topological polar surface area (TPSA) is 154 Å². The van der Waals surface area contributed by atoms with E-state index in [2.05, 4.69) is 5.43 Å². The Hall–Kier alpha value is -5.71. The van der Waals surface area contributed by atoms with Gasteiger partial charge in [-0.1, -0.05) is 77.9 Å². The molecule has 51 heavy (non-hydrogen) atoms. The van der Waals surface area contributed by atoms with Gasteiger partial charge in [-0.3, -0.25) is 34.3 Å². The number of carbonyl (C=O) groups excluding carboxylic acids is 4. The van der Waals surface area contributed by atoms with Crippen molar-refractivity contribution >= 4 is 41.4 Å². The number of fused-ring (bicyclic) bond motifs is 4. The van der Waals surface area contributed by atoms with Crippen molar-refractivity contribution in [2.45, 2.75) is 38.0 Å². The van der Waals surface area contributed by atoms with Crippen LogP contribution < -0.4 is 10.2 Å². The maximum atomic E-state index is 15.1. The van der Waals surface area contributed by atoms with Gasteiger partial charge in [0.2, 0.25) is 11.8 Å². The standard InChI is InChI=1S/C40H39N3O8/c1-23-10-14-26(15-11-23)41-43-37(48)31-22-29-27(16-17-28-35(29)38(49)42(36(28)47)20-6-9-34(45)46)30(18-12-24-13-19-32(44)33(21-24)51-2)40(31,39(43)50)25-7-4-3-5-8-25/h3-5,7-8,10-16,18-19,21,28-31,35,41,44H,6,9,17,20,22H2,1-2H3,(H,45,46)/t28-,29+,30-,31-,35-,40-/m0/s1. The lowest BCUT2D eigenvalue weighted by molar-refractivity contribution is -0.142. The van der Waals surface area contributed by atoms with Crippen molar-refractivity contribution in [3.8, 4) is 11.5 Å². The number of carbonyl (C=O) groups is 5. The third-order valence-corrected chi connectivity index (χ3v) is 11.0. The zero-order valence-corrected chi connectivity index (χ0v) is 28.3. The van der Waals surface area contributed by atoms with Crippen molar-refractivity contribution in [3.63, 3.8) is 0 Å². The average Bonchev–Trinajstić information content (AvgIpc) is 3.50. The molecule has 0 unspecified atom stereocenters. The van der Waals surface area contributed by atoms with Crippen molar-refractivity contribution in [3.05, 3.63) is 107 Å². The molecule has 7 rings (SSSR count). The number of rotatable bonds is 10. The number of nitrogens with one attached hydrogen (secondary N) is 1. The molecular formula is C40H39N3O8. The third-order valence-electron chi connectivity index (χ3n) is 11.0. The number of hydrogen-bond donors (Lipinski definition) is 3. The predicted molar refractivity (Wildman–Crippen MR) is 187 cm³/mol. The zero-order valence-electron chi connectivity index (χ0n) is 28.3. The largest absolute Gasteiger partial charge is 0.504 e. The number of hydrogen-bond acceptors (Lipinski definition) is 8. The Kier molecular flexibility index (Phi) is 8.74. The summed E-state index contributed by atoms with van der Waals surface area (Å²) in [6, 6.07) is 21.5. The first-order chi connectivity index (χ1) is 24.6. The molecule has 2 aliphatic carbocycles. The molecule has 11 heteroatoms. The number of nitrogens with zero attached hydrogens (tertiary/aromatic N) is 2. The molecule has 2 saturated heterocycles. The van der Waals surface area contributed by atoms with Crippen LogP contribution in [-0.2, 0) is 29.4 Å². The van der Waals surface area contributed by atoms with Crippen molar-refractivity contribution in [1.82, 2.24) is 9.91 Å². The SMILES string of the molecule is COc1cc(C=C[C@H]2C3=CC[C@@H]4C(=O)N(CCCC(=O)O)C(=O)[C@@H]4[C@@H]3C[C@H]3C(=O)N(Nc4ccc(C)cc4)C(=O)[C@@]23c2ccccc2)ccc1O. The van der Waals surface area contributed by atoms with Gasteiger partial charge in [-0.15, -0.1) is 0 Å².